The summed E-state index contributed by atoms with van der Waals surface area (Å²) in [7, 11) is 0. The van der Waals surface area contributed by atoms with Crippen molar-refractivity contribution < 1.29 is 4.42 Å². The number of hydrogen-bond acceptors (Lipinski definition) is 1. The Morgan fingerprint density at radius 3 is 0.981 bits per heavy atom. The monoisotopic (exact) mass is 1310 g/mol. The van der Waals surface area contributed by atoms with Crippen LogP contribution in [0, 0.1) is 0 Å². The number of rotatable bonds is 8. The van der Waals surface area contributed by atoms with E-state index in [4.69, 9.17) is 4.42 Å². The Labute approximate surface area is 593 Å². The predicted octanol–water partition coefficient (Wildman–Crippen LogP) is 26.6. The van der Waals surface area contributed by atoms with Gasteiger partial charge in [0.1, 0.15) is 11.2 Å². The minimum atomic E-state index is 0.909. The fourth-order valence-corrected chi connectivity index (χ4v) is 16.7. The van der Waals surface area contributed by atoms with Crippen LogP contribution >= 0.6 is 0 Å². The van der Waals surface area contributed by atoms with Gasteiger partial charge in [0.15, 0.2) is 0 Å². The van der Waals surface area contributed by atoms with Gasteiger partial charge in [0.05, 0.1) is 44.1 Å². The zero-order valence-electron chi connectivity index (χ0n) is 56.0. The number of hydrogen-bond donors (Lipinski definition) is 0. The molecule has 5 nitrogen and oxygen atoms in total. The van der Waals surface area contributed by atoms with Gasteiger partial charge in [0, 0.05) is 76.6 Å². The van der Waals surface area contributed by atoms with E-state index in [0.29, 0.717) is 0 Å². The van der Waals surface area contributed by atoms with Gasteiger partial charge in [-0.1, -0.05) is 231 Å². The van der Waals surface area contributed by atoms with Crippen LogP contribution in [0.4, 0.5) is 0 Å². The highest BCUT2D eigenvalue weighted by molar-refractivity contribution is 6.17. The van der Waals surface area contributed by atoms with Gasteiger partial charge in [-0.25, -0.2) is 0 Å². The third-order valence-corrected chi connectivity index (χ3v) is 21.4. The summed E-state index contributed by atoms with van der Waals surface area (Å²) in [5.41, 5.74) is 25.7. The van der Waals surface area contributed by atoms with Crippen LogP contribution in [-0.4, -0.2) is 18.3 Å². The molecule has 0 amide bonds. The van der Waals surface area contributed by atoms with Crippen molar-refractivity contribution in [3.8, 4) is 67.3 Å². The van der Waals surface area contributed by atoms with E-state index >= 15 is 0 Å². The molecule has 0 saturated carbocycles. The summed E-state index contributed by atoms with van der Waals surface area (Å²) in [6.07, 6.45) is 0. The van der Waals surface area contributed by atoms with Crippen molar-refractivity contribution in [1.29, 1.82) is 0 Å². The number of nitrogens with zero attached hydrogens (tertiary/aromatic N) is 4. The normalized spacial score (nSPS) is 11.9. The van der Waals surface area contributed by atoms with Crippen molar-refractivity contribution in [3.63, 3.8) is 0 Å². The van der Waals surface area contributed by atoms with Gasteiger partial charge in [-0.15, -0.1) is 0 Å². The van der Waals surface area contributed by atoms with Gasteiger partial charge in [0.2, 0.25) is 0 Å². The fourth-order valence-electron chi connectivity index (χ4n) is 16.7. The van der Waals surface area contributed by atoms with Gasteiger partial charge in [-0.05, 0) is 212 Å². The number of benzene rings is 17. The highest BCUT2D eigenvalue weighted by atomic mass is 16.3. The number of furan rings is 1. The largest absolute Gasteiger partial charge is 0.456 e. The highest BCUT2D eigenvalue weighted by Gasteiger charge is 2.21. The van der Waals surface area contributed by atoms with E-state index in [1.54, 1.807) is 0 Å². The van der Waals surface area contributed by atoms with Crippen LogP contribution in [0.15, 0.2) is 381 Å². The summed E-state index contributed by atoms with van der Waals surface area (Å²) in [5, 5.41) is 17.5. The lowest BCUT2D eigenvalue weighted by Gasteiger charge is -2.13. The minimum Gasteiger partial charge on any atom is -0.456 e. The molecule has 0 fully saturated rings. The van der Waals surface area contributed by atoms with Crippen molar-refractivity contribution in [2.75, 3.05) is 0 Å². The second-order valence-corrected chi connectivity index (χ2v) is 27.1. The molecule has 480 valence electrons. The summed E-state index contributed by atoms with van der Waals surface area (Å²) < 4.78 is 15.8. The fraction of sp³-hybridized carbons (Fsp3) is 0. The van der Waals surface area contributed by atoms with Gasteiger partial charge in [-0.2, -0.15) is 0 Å². The first-order valence-electron chi connectivity index (χ1n) is 35.4. The first-order valence-corrected chi connectivity index (χ1v) is 35.4. The maximum Gasteiger partial charge on any atom is 0.136 e. The Bertz CT molecular complexity index is 7160. The Balaban J connectivity index is 0.000000134. The molecule has 22 rings (SSSR count). The van der Waals surface area contributed by atoms with Crippen LogP contribution < -0.4 is 0 Å². The summed E-state index contributed by atoms with van der Waals surface area (Å²) in [6.45, 7) is 0. The van der Waals surface area contributed by atoms with Crippen molar-refractivity contribution in [2.45, 2.75) is 0 Å². The van der Waals surface area contributed by atoms with Crippen molar-refractivity contribution in [2.24, 2.45) is 0 Å². The lowest BCUT2D eigenvalue weighted by molar-refractivity contribution is 0.669. The molecule has 0 unspecified atom stereocenters. The van der Waals surface area contributed by atoms with E-state index < -0.39 is 0 Å². The molecule has 5 heteroatoms. The van der Waals surface area contributed by atoms with Crippen molar-refractivity contribution in [1.82, 2.24) is 18.3 Å². The molecule has 0 aliphatic carbocycles. The Morgan fingerprint density at radius 2 is 0.485 bits per heavy atom. The molecule has 0 bridgehead atoms. The molecule has 0 saturated heterocycles. The van der Waals surface area contributed by atoms with E-state index in [-0.39, 0.29) is 0 Å². The second-order valence-electron chi connectivity index (χ2n) is 27.1. The first-order chi connectivity index (χ1) is 51.1. The van der Waals surface area contributed by atoms with E-state index in [0.717, 1.165) is 44.4 Å². The van der Waals surface area contributed by atoms with Gasteiger partial charge >= 0.3 is 0 Å². The van der Waals surface area contributed by atoms with E-state index in [9.17, 15) is 0 Å². The molecule has 0 aliphatic rings. The van der Waals surface area contributed by atoms with Crippen molar-refractivity contribution in [3.05, 3.63) is 376 Å². The van der Waals surface area contributed by atoms with Crippen LogP contribution in [-0.2, 0) is 0 Å². The molecule has 103 heavy (non-hydrogen) atoms. The van der Waals surface area contributed by atoms with Crippen LogP contribution in [0.25, 0.3) is 198 Å². The molecule has 22 aromatic rings. The molecule has 0 spiro atoms. The molecular formula is C98H62N4O. The Kier molecular flexibility index (Phi) is 13.3. The van der Waals surface area contributed by atoms with E-state index in [2.05, 4.69) is 382 Å². The SMILES string of the molecule is c1ccc(-n2c3ccccc3c3cc(-c4ccc5c(c4)c4ccccc4n5-c4ccc(-c5cc6ccccc6c6ccccc56)cc4)ccc32)cc1.c1ccc(-n2c3ccccc3c3cc(-c4ccc5c(c4)c4ccccc4n5-c4cccc(-c5ccc6c(c5)oc5ccccc56)c4)ccc32)cc1. The quantitative estimate of drug-likeness (QED) is 0.140. The van der Waals surface area contributed by atoms with Crippen molar-refractivity contribution >= 4 is 131 Å². The summed E-state index contributed by atoms with van der Waals surface area (Å²) >= 11 is 0. The zero-order valence-corrected chi connectivity index (χ0v) is 56.0. The molecule has 5 aromatic heterocycles. The molecule has 0 atom stereocenters. The average Bonchev–Trinajstić information content (AvgIpc) is 1.70. The van der Waals surface area contributed by atoms with Gasteiger partial charge in [0.25, 0.3) is 0 Å². The topological polar surface area (TPSA) is 32.9 Å². The minimum absolute atomic E-state index is 0.909. The molecule has 5 heterocycles. The first kappa shape index (κ1) is 58.2. The molecule has 0 N–H and O–H groups in total. The lowest BCUT2D eigenvalue weighted by atomic mass is 9.93. The third kappa shape index (κ3) is 9.40. The van der Waals surface area contributed by atoms with Gasteiger partial charge in [-0.3, -0.25) is 0 Å². The smallest absolute Gasteiger partial charge is 0.136 e. The average molecular weight is 1310 g/mol. The van der Waals surface area contributed by atoms with Crippen LogP contribution in [0.5, 0.6) is 0 Å². The van der Waals surface area contributed by atoms with Crippen LogP contribution in [0.2, 0.25) is 0 Å². The zero-order chi connectivity index (χ0) is 67.6. The maximum atomic E-state index is 6.24. The Morgan fingerprint density at radius 1 is 0.155 bits per heavy atom. The summed E-state index contributed by atoms with van der Waals surface area (Å²) in [5.74, 6) is 0. The van der Waals surface area contributed by atoms with Crippen LogP contribution in [0.1, 0.15) is 0 Å². The van der Waals surface area contributed by atoms with Crippen LogP contribution in [0.3, 0.4) is 0 Å². The van der Waals surface area contributed by atoms with Gasteiger partial charge < -0.3 is 22.7 Å². The number of fused-ring (bicyclic) bond motifs is 18. The third-order valence-electron chi connectivity index (χ3n) is 21.4. The predicted molar refractivity (Wildman–Crippen MR) is 434 cm³/mol. The molecular weight excluding hydrogens is 1250 g/mol. The number of para-hydroxylation sites is 7. The summed E-state index contributed by atoms with van der Waals surface area (Å²) in [6, 6.07) is 137. The number of aromatic nitrogens is 4. The standard InChI is InChI=1S/C50H32N2.C48H30N2O/c1-2-13-37(14-3-1)51-47-20-10-8-18-42(47)45-30-34(24-28-49(45)51)35-25-29-50-46(31-35)43-19-9-11-21-48(43)52(50)38-26-22-33(23-27-38)44-32-36-12-4-5-15-39(36)40-16-6-7-17-41(40)44;1-2-12-35(13-3-1)49-43-18-7-4-15-37(43)41-28-32(22-25-45(41)49)33-23-26-46-42(29-33)38-16-5-8-19-44(38)50(46)36-14-10-11-31(27-36)34-21-24-40-39-17-6-9-20-47(39)51-48(40)30-34/h1-32H;1-30H. The van der Waals surface area contributed by atoms with E-state index in [1.807, 2.05) is 12.1 Å². The lowest BCUT2D eigenvalue weighted by Crippen LogP contribution is -1.94. The van der Waals surface area contributed by atoms with E-state index in [1.165, 1.54) is 154 Å². The molecule has 0 aliphatic heterocycles. The Hall–Kier alpha value is -13.7. The highest BCUT2D eigenvalue weighted by Crippen LogP contribution is 2.43. The summed E-state index contributed by atoms with van der Waals surface area (Å²) in [4.78, 5) is 0. The molecule has 17 aromatic carbocycles. The maximum absolute atomic E-state index is 6.24. The second kappa shape index (κ2) is 23.5. The molecule has 0 radical (unpaired) electrons.